The van der Waals surface area contributed by atoms with Crippen molar-refractivity contribution in [2.24, 2.45) is 0 Å². The number of nitrogens with zero attached hydrogens (tertiary/aromatic N) is 2. The van der Waals surface area contributed by atoms with Gasteiger partial charge in [-0.05, 0) is 49.9 Å². The summed E-state index contributed by atoms with van der Waals surface area (Å²) in [5.41, 5.74) is -2.61. The van der Waals surface area contributed by atoms with Crippen LogP contribution in [0.2, 0.25) is 0 Å². The Hall–Kier alpha value is -3.54. The van der Waals surface area contributed by atoms with Gasteiger partial charge in [0, 0.05) is 41.1 Å². The summed E-state index contributed by atoms with van der Waals surface area (Å²) in [4.78, 5) is 31.6. The zero-order valence-corrected chi connectivity index (χ0v) is 20.8. The Morgan fingerprint density at radius 2 is 1.82 bits per heavy atom. The number of fused-ring (bicyclic) bond motifs is 4. The average molecular weight is 539 g/mol. The molecule has 0 amide bonds. The molecule has 8 rings (SSSR count). The highest BCUT2D eigenvalue weighted by molar-refractivity contribution is 5.81. The largest absolute Gasteiger partial charge is 0.383 e. The molecular weight excluding hydrogens is 513 g/mol. The minimum Gasteiger partial charge on any atom is -0.383 e. The van der Waals surface area contributed by atoms with Gasteiger partial charge in [0.1, 0.15) is 23.1 Å². The van der Waals surface area contributed by atoms with Gasteiger partial charge in [-0.1, -0.05) is 0 Å². The summed E-state index contributed by atoms with van der Waals surface area (Å²) in [6, 6.07) is 6.27. The van der Waals surface area contributed by atoms with E-state index in [9.17, 15) is 23.5 Å². The molecule has 0 unspecified atom stereocenters. The van der Waals surface area contributed by atoms with Crippen LogP contribution in [-0.2, 0) is 23.4 Å². The van der Waals surface area contributed by atoms with Gasteiger partial charge in [0.15, 0.2) is 0 Å². The predicted molar refractivity (Wildman–Crippen MR) is 136 cm³/mol. The molecule has 8 nitrogen and oxygen atoms in total. The Labute approximate surface area is 219 Å². The van der Waals surface area contributed by atoms with Crippen molar-refractivity contribution in [3.8, 4) is 0 Å². The summed E-state index contributed by atoms with van der Waals surface area (Å²) in [7, 11) is 0. The van der Waals surface area contributed by atoms with E-state index in [1.165, 1.54) is 22.8 Å². The van der Waals surface area contributed by atoms with Crippen LogP contribution < -0.4 is 16.4 Å². The van der Waals surface area contributed by atoms with Crippen molar-refractivity contribution in [3.05, 3.63) is 85.8 Å². The van der Waals surface area contributed by atoms with Crippen molar-refractivity contribution in [2.45, 2.75) is 61.9 Å². The number of hydrogen-bond donors (Lipinski definition) is 3. The topological polar surface area (TPSA) is 109 Å². The first-order valence-electron chi connectivity index (χ1n) is 12.9. The van der Waals surface area contributed by atoms with E-state index < -0.39 is 39.8 Å². The van der Waals surface area contributed by atoms with Gasteiger partial charge in [-0.25, -0.2) is 13.2 Å². The molecule has 1 aliphatic carbocycles. The van der Waals surface area contributed by atoms with E-state index in [1.54, 1.807) is 0 Å². The van der Waals surface area contributed by atoms with Gasteiger partial charge in [-0.15, -0.1) is 0 Å². The summed E-state index contributed by atoms with van der Waals surface area (Å²) in [6.07, 6.45) is 3.72. The van der Waals surface area contributed by atoms with E-state index in [0.717, 1.165) is 18.3 Å². The SMILES string of the molecule is O=c1[nH]c2c(F)ccc(F)c2cc1CNC12CCC(C[C@]3(O)Cn4c(=O)ccc5ncc(F)c3c54)(CC1)OC2. The van der Waals surface area contributed by atoms with Crippen LogP contribution >= 0.6 is 0 Å². The summed E-state index contributed by atoms with van der Waals surface area (Å²) >= 11 is 0. The maximum Gasteiger partial charge on any atom is 0.253 e. The molecule has 4 aliphatic rings. The van der Waals surface area contributed by atoms with Crippen LogP contribution in [-0.4, -0.2) is 37.4 Å². The van der Waals surface area contributed by atoms with Gasteiger partial charge in [0.05, 0.1) is 41.5 Å². The molecule has 4 aromatic rings. The fourth-order valence-corrected chi connectivity index (χ4v) is 6.76. The number of H-pyrrole nitrogens is 1. The number of ether oxygens (including phenoxy) is 1. The number of aromatic nitrogens is 3. The summed E-state index contributed by atoms with van der Waals surface area (Å²) < 4.78 is 51.0. The molecule has 39 heavy (non-hydrogen) atoms. The van der Waals surface area contributed by atoms with Crippen molar-refractivity contribution in [3.63, 3.8) is 0 Å². The molecule has 202 valence electrons. The number of hydrogen-bond acceptors (Lipinski definition) is 6. The second kappa shape index (κ2) is 8.23. The lowest BCUT2D eigenvalue weighted by atomic mass is 9.67. The Balaban J connectivity index is 1.10. The van der Waals surface area contributed by atoms with E-state index in [0.29, 0.717) is 43.3 Å². The maximum absolute atomic E-state index is 15.0. The fourth-order valence-electron chi connectivity index (χ4n) is 6.76. The van der Waals surface area contributed by atoms with Gasteiger partial charge in [0.2, 0.25) is 0 Å². The van der Waals surface area contributed by atoms with Gasteiger partial charge in [-0.3, -0.25) is 14.6 Å². The van der Waals surface area contributed by atoms with Gasteiger partial charge in [0.25, 0.3) is 11.1 Å². The van der Waals surface area contributed by atoms with E-state index in [2.05, 4.69) is 15.3 Å². The number of aromatic amines is 1. The monoisotopic (exact) mass is 538 g/mol. The van der Waals surface area contributed by atoms with E-state index in [-0.39, 0.29) is 47.1 Å². The molecule has 0 spiro atoms. The normalized spacial score (nSPS) is 27.6. The Bertz CT molecular complexity index is 1780. The molecule has 3 aliphatic heterocycles. The van der Waals surface area contributed by atoms with E-state index >= 15 is 4.39 Å². The van der Waals surface area contributed by atoms with Crippen molar-refractivity contribution in [1.29, 1.82) is 0 Å². The lowest BCUT2D eigenvalue weighted by Crippen LogP contribution is -2.62. The van der Waals surface area contributed by atoms with Crippen molar-refractivity contribution in [1.82, 2.24) is 19.9 Å². The Kier molecular flexibility index (Phi) is 5.17. The first-order valence-corrected chi connectivity index (χ1v) is 12.9. The highest BCUT2D eigenvalue weighted by Crippen LogP contribution is 2.51. The van der Waals surface area contributed by atoms with Gasteiger partial charge in [-0.2, -0.15) is 0 Å². The van der Waals surface area contributed by atoms with Crippen LogP contribution in [0.4, 0.5) is 13.2 Å². The molecule has 3 N–H and O–H groups in total. The minimum atomic E-state index is -1.62. The second-order valence-corrected chi connectivity index (χ2v) is 11.2. The average Bonchev–Trinajstić information content (AvgIpc) is 3.24. The number of nitrogens with one attached hydrogen (secondary N) is 2. The van der Waals surface area contributed by atoms with Crippen LogP contribution in [0.15, 0.2) is 46.1 Å². The van der Waals surface area contributed by atoms with E-state index in [1.807, 2.05) is 0 Å². The summed E-state index contributed by atoms with van der Waals surface area (Å²) in [6.45, 7) is 0.371. The maximum atomic E-state index is 15.0. The predicted octanol–water partition coefficient (Wildman–Crippen LogP) is 3.12. The molecule has 0 radical (unpaired) electrons. The number of pyridine rings is 3. The van der Waals surface area contributed by atoms with Crippen LogP contribution in [0.25, 0.3) is 21.9 Å². The number of rotatable bonds is 5. The highest BCUT2D eigenvalue weighted by Gasteiger charge is 2.55. The van der Waals surface area contributed by atoms with Gasteiger partial charge >= 0.3 is 0 Å². The quantitative estimate of drug-likeness (QED) is 0.360. The molecule has 1 atom stereocenters. The molecule has 3 fully saturated rings. The van der Waals surface area contributed by atoms with Crippen molar-refractivity contribution >= 4 is 21.9 Å². The highest BCUT2D eigenvalue weighted by atomic mass is 19.1. The third-order valence-corrected chi connectivity index (χ3v) is 8.87. The zero-order chi connectivity index (χ0) is 27.2. The first-order chi connectivity index (χ1) is 18.6. The lowest BCUT2D eigenvalue weighted by molar-refractivity contribution is -0.192. The molecule has 6 heterocycles. The van der Waals surface area contributed by atoms with Gasteiger partial charge < -0.3 is 24.7 Å². The van der Waals surface area contributed by atoms with Crippen molar-refractivity contribution in [2.75, 3.05) is 6.61 Å². The van der Waals surface area contributed by atoms with Crippen molar-refractivity contribution < 1.29 is 23.0 Å². The Morgan fingerprint density at radius 1 is 1.05 bits per heavy atom. The summed E-state index contributed by atoms with van der Waals surface area (Å²) in [5.74, 6) is -1.98. The molecule has 1 aromatic carbocycles. The fraction of sp³-hybridized carbons (Fsp3) is 0.393. The number of benzene rings is 1. The second-order valence-electron chi connectivity index (χ2n) is 11.2. The van der Waals surface area contributed by atoms with Crippen LogP contribution in [0.5, 0.6) is 0 Å². The summed E-state index contributed by atoms with van der Waals surface area (Å²) in [5, 5.41) is 15.2. The molecule has 2 bridgehead atoms. The first kappa shape index (κ1) is 24.5. The van der Waals surface area contributed by atoms with E-state index in [4.69, 9.17) is 4.74 Å². The smallest absolute Gasteiger partial charge is 0.253 e. The lowest BCUT2D eigenvalue weighted by Gasteiger charge is -2.55. The molecular formula is C28H25F3N4O4. The van der Waals surface area contributed by atoms with Crippen LogP contribution in [0.3, 0.4) is 0 Å². The number of halogens is 3. The third kappa shape index (κ3) is 3.67. The number of aliphatic hydroxyl groups is 1. The standard InChI is InChI=1S/C28H25F3N4O4/c29-17-1-2-18(30)23-16(17)9-15(25(37)34-23)10-33-26-5-7-27(8-6-26,39-14-26)12-28(38)13-35-21(36)4-3-20-24(35)22(28)19(31)11-32-20/h1-4,9,11,33,38H,5-8,10,12-14H2,(H,34,37)/t26?,27?,28-/m0/s1. The molecule has 3 aromatic heterocycles. The Morgan fingerprint density at radius 3 is 2.56 bits per heavy atom. The molecule has 1 saturated carbocycles. The molecule has 11 heteroatoms. The molecule has 2 saturated heterocycles. The van der Waals surface area contributed by atoms with Crippen LogP contribution in [0, 0.1) is 17.5 Å². The van der Waals surface area contributed by atoms with Crippen LogP contribution in [0.1, 0.15) is 43.2 Å². The third-order valence-electron chi connectivity index (χ3n) is 8.87. The zero-order valence-electron chi connectivity index (χ0n) is 20.8. The minimum absolute atomic E-state index is 0.00816.